The summed E-state index contributed by atoms with van der Waals surface area (Å²) >= 11 is 6.07. The number of benzene rings is 3. The van der Waals surface area contributed by atoms with Crippen LogP contribution in [0.1, 0.15) is 30.5 Å². The zero-order valence-corrected chi connectivity index (χ0v) is 19.4. The molecule has 0 saturated carbocycles. The zero-order chi connectivity index (χ0) is 23.1. The fourth-order valence-electron chi connectivity index (χ4n) is 3.17. The predicted molar refractivity (Wildman–Crippen MR) is 127 cm³/mol. The summed E-state index contributed by atoms with van der Waals surface area (Å²) in [4.78, 5) is 12.4. The van der Waals surface area contributed by atoms with Crippen molar-refractivity contribution in [1.29, 1.82) is 0 Å². The van der Waals surface area contributed by atoms with E-state index in [1.54, 1.807) is 49.4 Å². The minimum absolute atomic E-state index is 0.165. The number of halogens is 1. The van der Waals surface area contributed by atoms with E-state index in [1.165, 1.54) is 7.11 Å². The molecule has 1 amide bonds. The lowest BCUT2D eigenvalue weighted by Gasteiger charge is -2.15. The van der Waals surface area contributed by atoms with E-state index < -0.39 is 10.0 Å². The lowest BCUT2D eigenvalue weighted by Crippen LogP contribution is -2.26. The molecular weight excluding hydrogens is 448 g/mol. The molecule has 3 rings (SSSR count). The number of carbonyl (C=O) groups is 1. The summed E-state index contributed by atoms with van der Waals surface area (Å²) in [7, 11) is -2.13. The van der Waals surface area contributed by atoms with Crippen LogP contribution in [0.3, 0.4) is 0 Å². The van der Waals surface area contributed by atoms with Gasteiger partial charge in [0, 0.05) is 18.2 Å². The van der Waals surface area contributed by atoms with Gasteiger partial charge < -0.3 is 10.1 Å². The normalized spacial score (nSPS) is 12.2. The molecule has 3 aromatic rings. The van der Waals surface area contributed by atoms with Crippen LogP contribution in [0.25, 0.3) is 0 Å². The summed E-state index contributed by atoms with van der Waals surface area (Å²) in [5.41, 5.74) is 2.33. The summed E-state index contributed by atoms with van der Waals surface area (Å²) in [5, 5.41) is 3.21. The van der Waals surface area contributed by atoms with Crippen molar-refractivity contribution in [1.82, 2.24) is 4.72 Å². The van der Waals surface area contributed by atoms with Gasteiger partial charge in [0.05, 0.1) is 17.0 Å². The van der Waals surface area contributed by atoms with Gasteiger partial charge in [-0.1, -0.05) is 54.1 Å². The average Bonchev–Trinajstić information content (AvgIpc) is 2.78. The van der Waals surface area contributed by atoms with E-state index >= 15 is 0 Å². The van der Waals surface area contributed by atoms with Crippen LogP contribution in [0.4, 0.5) is 5.69 Å². The van der Waals surface area contributed by atoms with Crippen molar-refractivity contribution in [2.24, 2.45) is 0 Å². The smallest absolute Gasteiger partial charge is 0.241 e. The Bertz CT molecular complexity index is 1170. The second-order valence-corrected chi connectivity index (χ2v) is 9.42. The Hall–Kier alpha value is -2.87. The molecule has 32 heavy (non-hydrogen) atoms. The van der Waals surface area contributed by atoms with Gasteiger partial charge in [0.25, 0.3) is 0 Å². The van der Waals surface area contributed by atoms with Gasteiger partial charge in [-0.3, -0.25) is 4.79 Å². The molecule has 0 radical (unpaired) electrons. The number of hydrogen-bond acceptors (Lipinski definition) is 4. The zero-order valence-electron chi connectivity index (χ0n) is 17.8. The number of methoxy groups -OCH3 is 1. The highest BCUT2D eigenvalue weighted by Gasteiger charge is 2.18. The molecule has 0 aliphatic rings. The molecule has 0 unspecified atom stereocenters. The van der Waals surface area contributed by atoms with Gasteiger partial charge in [0.15, 0.2) is 0 Å². The lowest BCUT2D eigenvalue weighted by molar-refractivity contribution is -0.116. The molecule has 0 aliphatic heterocycles. The van der Waals surface area contributed by atoms with Crippen LogP contribution in [-0.4, -0.2) is 21.4 Å². The first kappa shape index (κ1) is 23.8. The Morgan fingerprint density at radius 1 is 1.03 bits per heavy atom. The quantitative estimate of drug-likeness (QED) is 0.461. The van der Waals surface area contributed by atoms with Crippen LogP contribution in [0.15, 0.2) is 77.7 Å². The van der Waals surface area contributed by atoms with Crippen molar-refractivity contribution in [3.05, 3.63) is 88.9 Å². The van der Waals surface area contributed by atoms with E-state index in [0.717, 1.165) is 11.1 Å². The second-order valence-electron chi connectivity index (χ2n) is 7.30. The third kappa shape index (κ3) is 6.32. The largest absolute Gasteiger partial charge is 0.495 e. The first-order valence-corrected chi connectivity index (χ1v) is 11.9. The fourth-order valence-corrected chi connectivity index (χ4v) is 4.66. The fraction of sp³-hybridized carbons (Fsp3) is 0.208. The second kappa shape index (κ2) is 10.6. The Balaban J connectivity index is 1.56. The molecule has 0 aromatic heterocycles. The van der Waals surface area contributed by atoms with Crippen LogP contribution in [0, 0.1) is 0 Å². The third-order valence-corrected chi connectivity index (χ3v) is 6.79. The van der Waals surface area contributed by atoms with Crippen molar-refractivity contribution in [2.75, 3.05) is 12.4 Å². The summed E-state index contributed by atoms with van der Waals surface area (Å²) in [5.74, 6) is 0.369. The number of sulfonamides is 1. The summed E-state index contributed by atoms with van der Waals surface area (Å²) in [6.07, 6.45) is 0.725. The maximum Gasteiger partial charge on any atom is 0.241 e. The standard InChI is InChI=1S/C24H25ClN2O4S/c1-17(19-6-4-3-5-7-19)27-32(29,30)21-12-8-18(9-13-21)10-15-24(28)26-20-11-14-23(31-2)22(25)16-20/h3-9,11-14,16-17,27H,10,15H2,1-2H3,(H,26,28)/t17-/m1/s1. The number of aryl methyl sites for hydroxylation is 1. The molecule has 0 saturated heterocycles. The number of rotatable bonds is 9. The maximum absolute atomic E-state index is 12.7. The molecular formula is C24H25ClN2O4S. The van der Waals surface area contributed by atoms with Gasteiger partial charge in [-0.25, -0.2) is 13.1 Å². The van der Waals surface area contributed by atoms with Crippen molar-refractivity contribution >= 4 is 33.2 Å². The number of amides is 1. The molecule has 0 aliphatic carbocycles. The minimum Gasteiger partial charge on any atom is -0.495 e. The Kier molecular flexibility index (Phi) is 7.90. The van der Waals surface area contributed by atoms with Crippen LogP contribution in [0.2, 0.25) is 5.02 Å². The van der Waals surface area contributed by atoms with Gasteiger partial charge in [-0.05, 0) is 54.8 Å². The molecule has 6 nitrogen and oxygen atoms in total. The topological polar surface area (TPSA) is 84.5 Å². The average molecular weight is 473 g/mol. The van der Waals surface area contributed by atoms with Gasteiger partial charge >= 0.3 is 0 Å². The number of anilines is 1. The number of nitrogens with one attached hydrogen (secondary N) is 2. The van der Waals surface area contributed by atoms with Crippen molar-refractivity contribution in [3.63, 3.8) is 0 Å². The van der Waals surface area contributed by atoms with Gasteiger partial charge in [-0.2, -0.15) is 0 Å². The molecule has 1 atom stereocenters. The van der Waals surface area contributed by atoms with E-state index in [-0.39, 0.29) is 23.3 Å². The monoisotopic (exact) mass is 472 g/mol. The number of ether oxygens (including phenoxy) is 1. The Labute approximate surface area is 193 Å². The van der Waals surface area contributed by atoms with Gasteiger partial charge in [-0.15, -0.1) is 0 Å². The predicted octanol–water partition coefficient (Wildman–Crippen LogP) is 4.96. The van der Waals surface area contributed by atoms with Crippen molar-refractivity contribution in [3.8, 4) is 5.75 Å². The molecule has 0 bridgehead atoms. The first-order chi connectivity index (χ1) is 15.3. The molecule has 0 fully saturated rings. The highest BCUT2D eigenvalue weighted by atomic mass is 35.5. The van der Waals surface area contributed by atoms with Crippen molar-refractivity contribution < 1.29 is 17.9 Å². The Morgan fingerprint density at radius 2 is 1.72 bits per heavy atom. The van der Waals surface area contributed by atoms with E-state index in [2.05, 4.69) is 10.0 Å². The molecule has 8 heteroatoms. The number of hydrogen-bond donors (Lipinski definition) is 2. The van der Waals surface area contributed by atoms with Crippen LogP contribution < -0.4 is 14.8 Å². The van der Waals surface area contributed by atoms with E-state index in [4.69, 9.17) is 16.3 Å². The molecule has 168 valence electrons. The molecule has 3 aromatic carbocycles. The molecule has 2 N–H and O–H groups in total. The lowest BCUT2D eigenvalue weighted by atomic mass is 10.1. The summed E-state index contributed by atoms with van der Waals surface area (Å²) in [6.45, 7) is 1.80. The highest BCUT2D eigenvalue weighted by Crippen LogP contribution is 2.27. The number of carbonyl (C=O) groups excluding carboxylic acids is 1. The Morgan fingerprint density at radius 3 is 2.34 bits per heavy atom. The third-order valence-electron chi connectivity index (χ3n) is 4.94. The van der Waals surface area contributed by atoms with Crippen LogP contribution >= 0.6 is 11.6 Å². The highest BCUT2D eigenvalue weighted by molar-refractivity contribution is 7.89. The maximum atomic E-state index is 12.7. The molecule has 0 heterocycles. The summed E-state index contributed by atoms with van der Waals surface area (Å²) in [6, 6.07) is 20.6. The summed E-state index contributed by atoms with van der Waals surface area (Å²) < 4.78 is 33.1. The van der Waals surface area contributed by atoms with Crippen molar-refractivity contribution in [2.45, 2.75) is 30.7 Å². The molecule has 0 spiro atoms. The first-order valence-electron chi connectivity index (χ1n) is 10.1. The van der Waals surface area contributed by atoms with E-state index in [1.807, 2.05) is 30.3 Å². The van der Waals surface area contributed by atoms with Gasteiger partial charge in [0.2, 0.25) is 15.9 Å². The van der Waals surface area contributed by atoms with Crippen LogP contribution in [0.5, 0.6) is 5.75 Å². The SMILES string of the molecule is COc1ccc(NC(=O)CCc2ccc(S(=O)(=O)N[C@H](C)c3ccccc3)cc2)cc1Cl. The van der Waals surface area contributed by atoms with E-state index in [9.17, 15) is 13.2 Å². The van der Waals surface area contributed by atoms with Crippen LogP contribution in [-0.2, 0) is 21.2 Å². The van der Waals surface area contributed by atoms with Gasteiger partial charge in [0.1, 0.15) is 5.75 Å². The minimum atomic E-state index is -3.66. The van der Waals surface area contributed by atoms with E-state index in [0.29, 0.717) is 22.9 Å².